The van der Waals surface area contributed by atoms with Gasteiger partial charge >= 0.3 is 5.97 Å². The molecule has 0 saturated heterocycles. The summed E-state index contributed by atoms with van der Waals surface area (Å²) < 4.78 is 5.19. The molecule has 0 fully saturated rings. The molecule has 0 bridgehead atoms. The molecule has 0 radical (unpaired) electrons. The van der Waals surface area contributed by atoms with Crippen LogP contribution in [0.5, 0.6) is 0 Å². The van der Waals surface area contributed by atoms with Crippen LogP contribution in [-0.4, -0.2) is 29.7 Å². The van der Waals surface area contributed by atoms with Crippen LogP contribution < -0.4 is 5.32 Å². The van der Waals surface area contributed by atoms with Crippen molar-refractivity contribution in [3.05, 3.63) is 35.9 Å². The number of carboxylic acids is 1. The van der Waals surface area contributed by atoms with E-state index >= 15 is 0 Å². The van der Waals surface area contributed by atoms with E-state index in [1.165, 1.54) is 0 Å². The molecule has 2 unspecified atom stereocenters. The predicted molar refractivity (Wildman–Crippen MR) is 70.7 cm³/mol. The van der Waals surface area contributed by atoms with E-state index in [2.05, 4.69) is 5.32 Å². The summed E-state index contributed by atoms with van der Waals surface area (Å²) in [5.41, 5.74) is 0.766. The molecule has 0 aromatic heterocycles. The molecule has 1 aromatic rings. The number of hydrogen-bond donors (Lipinski definition) is 2. The van der Waals surface area contributed by atoms with Crippen molar-refractivity contribution >= 4 is 11.9 Å². The Labute approximate surface area is 112 Å². The number of carbonyl (C=O) groups is 2. The third-order valence-corrected chi connectivity index (χ3v) is 2.68. The first-order valence-corrected chi connectivity index (χ1v) is 6.23. The van der Waals surface area contributed by atoms with Crippen LogP contribution in [0.2, 0.25) is 0 Å². The minimum absolute atomic E-state index is 0.158. The molecule has 19 heavy (non-hydrogen) atoms. The van der Waals surface area contributed by atoms with Gasteiger partial charge in [-0.25, -0.2) is 0 Å². The Hall–Kier alpha value is -1.88. The van der Waals surface area contributed by atoms with Crippen molar-refractivity contribution in [1.82, 2.24) is 5.32 Å². The SMILES string of the molecule is CCOC(C)C(=O)NC(CC(=O)O)c1ccccc1. The quantitative estimate of drug-likeness (QED) is 0.787. The first-order valence-electron chi connectivity index (χ1n) is 6.23. The Morgan fingerprint density at radius 1 is 1.32 bits per heavy atom. The number of nitrogens with one attached hydrogen (secondary N) is 1. The number of aliphatic carboxylic acids is 1. The summed E-state index contributed by atoms with van der Waals surface area (Å²) in [5.74, 6) is -1.27. The molecular weight excluding hydrogens is 246 g/mol. The van der Waals surface area contributed by atoms with Gasteiger partial charge in [0.2, 0.25) is 5.91 Å². The number of benzene rings is 1. The van der Waals surface area contributed by atoms with Crippen molar-refractivity contribution < 1.29 is 19.4 Å². The van der Waals surface area contributed by atoms with Crippen molar-refractivity contribution in [2.24, 2.45) is 0 Å². The van der Waals surface area contributed by atoms with E-state index in [1.54, 1.807) is 26.0 Å². The number of carboxylic acid groups (broad SMARTS) is 1. The number of hydrogen-bond acceptors (Lipinski definition) is 3. The van der Waals surface area contributed by atoms with E-state index in [0.29, 0.717) is 6.61 Å². The third-order valence-electron chi connectivity index (χ3n) is 2.68. The number of carbonyl (C=O) groups excluding carboxylic acids is 1. The maximum absolute atomic E-state index is 11.9. The topological polar surface area (TPSA) is 75.6 Å². The van der Waals surface area contributed by atoms with Crippen LogP contribution in [0.4, 0.5) is 0 Å². The molecule has 2 N–H and O–H groups in total. The van der Waals surface area contributed by atoms with Gasteiger partial charge in [0.15, 0.2) is 0 Å². The third kappa shape index (κ3) is 5.09. The number of ether oxygens (including phenoxy) is 1. The highest BCUT2D eigenvalue weighted by Crippen LogP contribution is 2.16. The highest BCUT2D eigenvalue weighted by molar-refractivity contribution is 5.81. The molecule has 1 rings (SSSR count). The number of rotatable bonds is 7. The van der Waals surface area contributed by atoms with E-state index in [4.69, 9.17) is 9.84 Å². The summed E-state index contributed by atoms with van der Waals surface area (Å²) in [7, 11) is 0. The lowest BCUT2D eigenvalue weighted by Gasteiger charge is -2.20. The van der Waals surface area contributed by atoms with Crippen LogP contribution in [0, 0.1) is 0 Å². The minimum atomic E-state index is -0.960. The van der Waals surface area contributed by atoms with E-state index in [9.17, 15) is 9.59 Å². The zero-order valence-corrected chi connectivity index (χ0v) is 11.1. The zero-order valence-electron chi connectivity index (χ0n) is 11.1. The molecule has 5 nitrogen and oxygen atoms in total. The lowest BCUT2D eigenvalue weighted by atomic mass is 10.0. The van der Waals surface area contributed by atoms with Gasteiger partial charge in [-0.3, -0.25) is 9.59 Å². The minimum Gasteiger partial charge on any atom is -0.481 e. The second kappa shape index (κ2) is 7.53. The van der Waals surface area contributed by atoms with Gasteiger partial charge in [-0.2, -0.15) is 0 Å². The Balaban J connectivity index is 2.76. The highest BCUT2D eigenvalue weighted by Gasteiger charge is 2.21. The Morgan fingerprint density at radius 2 is 1.95 bits per heavy atom. The normalized spacial score (nSPS) is 13.6. The molecule has 0 saturated carbocycles. The summed E-state index contributed by atoms with van der Waals surface area (Å²) in [6.45, 7) is 3.88. The van der Waals surface area contributed by atoms with Gasteiger partial charge in [0.05, 0.1) is 12.5 Å². The average molecular weight is 265 g/mol. The van der Waals surface area contributed by atoms with Gasteiger partial charge in [-0.15, -0.1) is 0 Å². The standard InChI is InChI=1S/C14H19NO4/c1-3-19-10(2)14(18)15-12(9-13(16)17)11-7-5-4-6-8-11/h4-8,10,12H,3,9H2,1-2H3,(H,15,18)(H,16,17). The van der Waals surface area contributed by atoms with Crippen molar-refractivity contribution in [2.45, 2.75) is 32.4 Å². The first-order chi connectivity index (χ1) is 9.04. The number of amides is 1. The first kappa shape index (κ1) is 15.2. The molecule has 0 spiro atoms. The lowest BCUT2D eigenvalue weighted by Crippen LogP contribution is -2.38. The summed E-state index contributed by atoms with van der Waals surface area (Å²) in [6, 6.07) is 8.49. The molecule has 0 aliphatic rings. The summed E-state index contributed by atoms with van der Waals surface area (Å²) >= 11 is 0. The molecule has 0 aliphatic carbocycles. The van der Waals surface area contributed by atoms with Gasteiger partial charge in [-0.05, 0) is 19.4 Å². The fourth-order valence-corrected chi connectivity index (χ4v) is 1.73. The maximum atomic E-state index is 11.9. The van der Waals surface area contributed by atoms with Gasteiger partial charge in [0, 0.05) is 6.61 Å². The second-order valence-electron chi connectivity index (χ2n) is 4.17. The highest BCUT2D eigenvalue weighted by atomic mass is 16.5. The van der Waals surface area contributed by atoms with Gasteiger partial charge in [0.25, 0.3) is 0 Å². The van der Waals surface area contributed by atoms with Crippen molar-refractivity contribution in [1.29, 1.82) is 0 Å². The lowest BCUT2D eigenvalue weighted by molar-refractivity contribution is -0.138. The molecule has 2 atom stereocenters. The monoisotopic (exact) mass is 265 g/mol. The molecule has 5 heteroatoms. The summed E-state index contributed by atoms with van der Waals surface area (Å²) in [4.78, 5) is 22.7. The average Bonchev–Trinajstić information content (AvgIpc) is 2.38. The van der Waals surface area contributed by atoms with E-state index < -0.39 is 18.1 Å². The molecule has 0 heterocycles. The van der Waals surface area contributed by atoms with Crippen LogP contribution in [0.25, 0.3) is 0 Å². The van der Waals surface area contributed by atoms with Crippen molar-refractivity contribution in [2.75, 3.05) is 6.61 Å². The van der Waals surface area contributed by atoms with Crippen LogP contribution in [0.3, 0.4) is 0 Å². The molecular formula is C14H19NO4. The Kier molecular flexibility index (Phi) is 6.02. The van der Waals surface area contributed by atoms with Gasteiger partial charge < -0.3 is 15.2 Å². The van der Waals surface area contributed by atoms with Crippen LogP contribution in [-0.2, 0) is 14.3 Å². The largest absolute Gasteiger partial charge is 0.481 e. The van der Waals surface area contributed by atoms with E-state index in [1.807, 2.05) is 18.2 Å². The van der Waals surface area contributed by atoms with Crippen LogP contribution in [0.1, 0.15) is 31.9 Å². The van der Waals surface area contributed by atoms with Crippen molar-refractivity contribution in [3.63, 3.8) is 0 Å². The van der Waals surface area contributed by atoms with Gasteiger partial charge in [0.1, 0.15) is 6.10 Å². The molecule has 0 aliphatic heterocycles. The smallest absolute Gasteiger partial charge is 0.305 e. The predicted octanol–water partition coefficient (Wildman–Crippen LogP) is 1.74. The fraction of sp³-hybridized carbons (Fsp3) is 0.429. The van der Waals surface area contributed by atoms with Crippen LogP contribution >= 0.6 is 0 Å². The van der Waals surface area contributed by atoms with Crippen LogP contribution in [0.15, 0.2) is 30.3 Å². The summed E-state index contributed by atoms with van der Waals surface area (Å²) in [5, 5.41) is 11.6. The zero-order chi connectivity index (χ0) is 14.3. The van der Waals surface area contributed by atoms with E-state index in [-0.39, 0.29) is 12.3 Å². The Bertz CT molecular complexity index is 419. The summed E-state index contributed by atoms with van der Waals surface area (Å²) in [6.07, 6.45) is -0.751. The van der Waals surface area contributed by atoms with Gasteiger partial charge in [-0.1, -0.05) is 30.3 Å². The van der Waals surface area contributed by atoms with E-state index in [0.717, 1.165) is 5.56 Å². The molecule has 1 aromatic carbocycles. The molecule has 1 amide bonds. The second-order valence-corrected chi connectivity index (χ2v) is 4.17. The fourth-order valence-electron chi connectivity index (χ4n) is 1.73. The maximum Gasteiger partial charge on any atom is 0.305 e. The molecule has 104 valence electrons. The van der Waals surface area contributed by atoms with Crippen molar-refractivity contribution in [3.8, 4) is 0 Å². The Morgan fingerprint density at radius 3 is 2.47 bits per heavy atom.